The summed E-state index contributed by atoms with van der Waals surface area (Å²) in [5.41, 5.74) is 3.66. The second-order valence-corrected chi connectivity index (χ2v) is 5.60. The zero-order valence-corrected chi connectivity index (χ0v) is 11.9. The van der Waals surface area contributed by atoms with Crippen molar-refractivity contribution in [1.29, 1.82) is 0 Å². The van der Waals surface area contributed by atoms with Gasteiger partial charge >= 0.3 is 0 Å². The molecule has 1 heterocycles. The Morgan fingerprint density at radius 3 is 2.95 bits per heavy atom. The van der Waals surface area contributed by atoms with Crippen molar-refractivity contribution < 1.29 is 5.11 Å². The molecule has 1 aromatic heterocycles. The van der Waals surface area contributed by atoms with Gasteiger partial charge in [-0.1, -0.05) is 36.4 Å². The zero-order chi connectivity index (χ0) is 13.9. The van der Waals surface area contributed by atoms with Crippen molar-refractivity contribution in [1.82, 2.24) is 15.0 Å². The van der Waals surface area contributed by atoms with Gasteiger partial charge in [-0.05, 0) is 42.7 Å². The van der Waals surface area contributed by atoms with Gasteiger partial charge in [0, 0.05) is 6.54 Å². The Morgan fingerprint density at radius 1 is 1.35 bits per heavy atom. The average molecular weight is 271 g/mol. The first-order valence-electron chi connectivity index (χ1n) is 7.42. The van der Waals surface area contributed by atoms with Crippen molar-refractivity contribution in [3.05, 3.63) is 47.3 Å². The van der Waals surface area contributed by atoms with E-state index in [1.807, 2.05) is 4.68 Å². The molecule has 0 fully saturated rings. The lowest BCUT2D eigenvalue weighted by Crippen LogP contribution is -2.23. The van der Waals surface area contributed by atoms with Gasteiger partial charge in [0.2, 0.25) is 0 Å². The van der Waals surface area contributed by atoms with Crippen LogP contribution in [0.1, 0.15) is 42.7 Å². The van der Waals surface area contributed by atoms with E-state index in [1.54, 1.807) is 6.20 Å². The van der Waals surface area contributed by atoms with E-state index < -0.39 is 6.10 Å². The summed E-state index contributed by atoms with van der Waals surface area (Å²) in [4.78, 5) is 0. The molecule has 0 saturated carbocycles. The van der Waals surface area contributed by atoms with Gasteiger partial charge in [-0.25, -0.2) is 4.68 Å². The van der Waals surface area contributed by atoms with Crippen molar-refractivity contribution in [3.63, 3.8) is 0 Å². The Bertz CT molecular complexity index is 579. The third kappa shape index (κ3) is 2.48. The van der Waals surface area contributed by atoms with E-state index in [9.17, 15) is 5.11 Å². The van der Waals surface area contributed by atoms with Crippen LogP contribution in [0.4, 0.5) is 0 Å². The minimum absolute atomic E-state index is 0.263. The summed E-state index contributed by atoms with van der Waals surface area (Å²) < 4.78 is 1.84. The number of aromatic nitrogens is 3. The molecule has 0 bridgehead atoms. The van der Waals surface area contributed by atoms with Crippen LogP contribution < -0.4 is 0 Å². The first-order chi connectivity index (χ1) is 9.79. The molecule has 4 heteroatoms. The standard InChI is InChI=1S/C16H21N3O/c1-2-9-19-15(11-17-18-19)16(20)14-8-7-12-5-3-4-6-13(12)10-14/h3-6,11,14,16,20H,2,7-10H2,1H3. The van der Waals surface area contributed by atoms with Crippen molar-refractivity contribution in [2.45, 2.75) is 45.3 Å². The summed E-state index contributed by atoms with van der Waals surface area (Å²) in [6.45, 7) is 2.92. The van der Waals surface area contributed by atoms with E-state index in [2.05, 4.69) is 41.5 Å². The number of nitrogens with zero attached hydrogens (tertiary/aromatic N) is 3. The summed E-state index contributed by atoms with van der Waals surface area (Å²) in [5, 5.41) is 18.7. The van der Waals surface area contributed by atoms with Gasteiger partial charge in [-0.2, -0.15) is 0 Å². The third-order valence-corrected chi connectivity index (χ3v) is 4.22. The van der Waals surface area contributed by atoms with Gasteiger partial charge in [0.05, 0.1) is 11.9 Å². The van der Waals surface area contributed by atoms with Gasteiger partial charge in [0.15, 0.2) is 0 Å². The molecule has 2 atom stereocenters. The average Bonchev–Trinajstić information content (AvgIpc) is 2.94. The highest BCUT2D eigenvalue weighted by Crippen LogP contribution is 2.33. The molecule has 4 nitrogen and oxygen atoms in total. The van der Waals surface area contributed by atoms with Crippen molar-refractivity contribution in [2.75, 3.05) is 0 Å². The number of aliphatic hydroxyl groups is 1. The normalized spacial score (nSPS) is 19.6. The second-order valence-electron chi connectivity index (χ2n) is 5.60. The van der Waals surface area contributed by atoms with Crippen molar-refractivity contribution in [2.24, 2.45) is 5.92 Å². The lowest BCUT2D eigenvalue weighted by atomic mass is 9.80. The molecule has 106 valence electrons. The maximum atomic E-state index is 10.7. The lowest BCUT2D eigenvalue weighted by molar-refractivity contribution is 0.0905. The molecule has 0 amide bonds. The highest BCUT2D eigenvalue weighted by atomic mass is 16.3. The first-order valence-corrected chi connectivity index (χ1v) is 7.42. The van der Waals surface area contributed by atoms with Gasteiger partial charge in [0.1, 0.15) is 6.10 Å². The van der Waals surface area contributed by atoms with Gasteiger partial charge in [-0.15, -0.1) is 5.10 Å². The molecule has 0 saturated heterocycles. The molecule has 1 N–H and O–H groups in total. The molecule has 2 unspecified atom stereocenters. The number of aliphatic hydroxyl groups excluding tert-OH is 1. The Labute approximate surface area is 119 Å². The summed E-state index contributed by atoms with van der Waals surface area (Å²) in [7, 11) is 0. The van der Waals surface area contributed by atoms with Crippen LogP contribution in [-0.2, 0) is 19.4 Å². The maximum absolute atomic E-state index is 10.7. The van der Waals surface area contributed by atoms with Crippen LogP contribution in [0.3, 0.4) is 0 Å². The SMILES string of the molecule is CCCn1nncc1C(O)C1CCc2ccccc2C1. The van der Waals surface area contributed by atoms with Crippen molar-refractivity contribution >= 4 is 0 Å². The summed E-state index contributed by atoms with van der Waals surface area (Å²) >= 11 is 0. The van der Waals surface area contributed by atoms with Crippen LogP contribution in [0.25, 0.3) is 0 Å². The lowest BCUT2D eigenvalue weighted by Gasteiger charge is -2.28. The molecule has 1 aromatic carbocycles. The zero-order valence-electron chi connectivity index (χ0n) is 11.9. The molecule has 20 heavy (non-hydrogen) atoms. The second kappa shape index (κ2) is 5.75. The number of aryl methyl sites for hydroxylation is 2. The number of fused-ring (bicyclic) bond motifs is 1. The van der Waals surface area contributed by atoms with E-state index in [1.165, 1.54) is 11.1 Å². The molecule has 0 spiro atoms. The summed E-state index contributed by atoms with van der Waals surface area (Å²) in [6.07, 6.45) is 5.25. The van der Waals surface area contributed by atoms with Crippen LogP contribution in [0.2, 0.25) is 0 Å². The highest BCUT2D eigenvalue weighted by Gasteiger charge is 2.28. The van der Waals surface area contributed by atoms with E-state index in [0.29, 0.717) is 0 Å². The molecule has 0 aliphatic heterocycles. The Hall–Kier alpha value is -1.68. The smallest absolute Gasteiger partial charge is 0.100 e. The Balaban J connectivity index is 1.78. The number of benzene rings is 1. The van der Waals surface area contributed by atoms with Gasteiger partial charge in [0.25, 0.3) is 0 Å². The Kier molecular flexibility index (Phi) is 3.83. The van der Waals surface area contributed by atoms with Crippen LogP contribution in [0.15, 0.2) is 30.5 Å². The quantitative estimate of drug-likeness (QED) is 0.929. The highest BCUT2D eigenvalue weighted by molar-refractivity contribution is 5.30. The van der Waals surface area contributed by atoms with E-state index in [-0.39, 0.29) is 5.92 Å². The minimum Gasteiger partial charge on any atom is -0.386 e. The third-order valence-electron chi connectivity index (χ3n) is 4.22. The number of rotatable bonds is 4. The molecule has 2 aromatic rings. The molecular weight excluding hydrogens is 250 g/mol. The fourth-order valence-electron chi connectivity index (χ4n) is 3.12. The maximum Gasteiger partial charge on any atom is 0.100 e. The first kappa shape index (κ1) is 13.3. The van der Waals surface area contributed by atoms with Crippen LogP contribution in [0, 0.1) is 5.92 Å². The summed E-state index contributed by atoms with van der Waals surface area (Å²) in [5.74, 6) is 0.263. The number of hydrogen-bond donors (Lipinski definition) is 1. The van der Waals surface area contributed by atoms with Crippen LogP contribution in [-0.4, -0.2) is 20.1 Å². The fourth-order valence-corrected chi connectivity index (χ4v) is 3.12. The van der Waals surface area contributed by atoms with Gasteiger partial charge < -0.3 is 5.11 Å². The van der Waals surface area contributed by atoms with Crippen LogP contribution in [0.5, 0.6) is 0 Å². The molecule has 1 aliphatic carbocycles. The van der Waals surface area contributed by atoms with E-state index >= 15 is 0 Å². The number of hydrogen-bond acceptors (Lipinski definition) is 3. The van der Waals surface area contributed by atoms with Gasteiger partial charge in [-0.3, -0.25) is 0 Å². The molecular formula is C16H21N3O. The topological polar surface area (TPSA) is 50.9 Å². The van der Waals surface area contributed by atoms with Crippen molar-refractivity contribution in [3.8, 4) is 0 Å². The predicted molar refractivity (Wildman–Crippen MR) is 77.2 cm³/mol. The van der Waals surface area contributed by atoms with Crippen LogP contribution >= 0.6 is 0 Å². The van der Waals surface area contributed by atoms with E-state index in [0.717, 1.165) is 37.9 Å². The fraction of sp³-hybridized carbons (Fsp3) is 0.500. The molecule has 3 rings (SSSR count). The Morgan fingerprint density at radius 2 is 2.15 bits per heavy atom. The summed E-state index contributed by atoms with van der Waals surface area (Å²) in [6, 6.07) is 8.54. The largest absolute Gasteiger partial charge is 0.386 e. The monoisotopic (exact) mass is 271 g/mol. The minimum atomic E-state index is -0.468. The molecule has 0 radical (unpaired) electrons. The predicted octanol–water partition coefficient (Wildman–Crippen LogP) is 2.53. The molecule has 1 aliphatic rings. The van der Waals surface area contributed by atoms with E-state index in [4.69, 9.17) is 0 Å².